The summed E-state index contributed by atoms with van der Waals surface area (Å²) in [5, 5.41) is 6.31. The monoisotopic (exact) mass is 233 g/mol. The molecule has 1 aromatic heterocycles. The molecule has 1 N–H and O–H groups in total. The largest absolute Gasteiger partial charge is 0.308 e. The van der Waals surface area contributed by atoms with E-state index < -0.39 is 0 Å². The van der Waals surface area contributed by atoms with Gasteiger partial charge in [0.25, 0.3) is 5.91 Å². The first-order valence-electron chi connectivity index (χ1n) is 5.28. The van der Waals surface area contributed by atoms with Gasteiger partial charge in [-0.05, 0) is 25.1 Å². The molecule has 0 spiro atoms. The SMILES string of the molecule is CCN(C(=O)c1cn[nH]c1)c1cccc(F)c1. The summed E-state index contributed by atoms with van der Waals surface area (Å²) >= 11 is 0. The molecule has 17 heavy (non-hydrogen) atoms. The summed E-state index contributed by atoms with van der Waals surface area (Å²) in [5.41, 5.74) is 0.995. The van der Waals surface area contributed by atoms with Crippen molar-refractivity contribution in [1.29, 1.82) is 0 Å². The van der Waals surface area contributed by atoms with Crippen molar-refractivity contribution in [3.05, 3.63) is 48.0 Å². The number of hydrogen-bond acceptors (Lipinski definition) is 2. The molecular weight excluding hydrogens is 221 g/mol. The molecule has 2 aromatic rings. The van der Waals surface area contributed by atoms with Gasteiger partial charge in [0.1, 0.15) is 5.82 Å². The van der Waals surface area contributed by atoms with Crippen LogP contribution in [-0.4, -0.2) is 22.6 Å². The molecule has 0 aliphatic heterocycles. The lowest BCUT2D eigenvalue weighted by molar-refractivity contribution is 0.0988. The smallest absolute Gasteiger partial charge is 0.261 e. The molecule has 0 bridgehead atoms. The number of anilines is 1. The van der Waals surface area contributed by atoms with E-state index in [1.165, 1.54) is 29.4 Å². The Balaban J connectivity index is 2.31. The highest BCUT2D eigenvalue weighted by molar-refractivity contribution is 6.05. The highest BCUT2D eigenvalue weighted by Gasteiger charge is 2.16. The van der Waals surface area contributed by atoms with E-state index in [1.807, 2.05) is 6.92 Å². The van der Waals surface area contributed by atoms with Crippen LogP contribution in [0.15, 0.2) is 36.7 Å². The van der Waals surface area contributed by atoms with Crippen molar-refractivity contribution < 1.29 is 9.18 Å². The van der Waals surface area contributed by atoms with Crippen LogP contribution in [0.5, 0.6) is 0 Å². The molecule has 0 atom stereocenters. The molecule has 0 saturated carbocycles. The van der Waals surface area contributed by atoms with Crippen molar-refractivity contribution in [2.45, 2.75) is 6.92 Å². The third-order valence-electron chi connectivity index (χ3n) is 2.43. The van der Waals surface area contributed by atoms with Gasteiger partial charge in [0.2, 0.25) is 0 Å². The summed E-state index contributed by atoms with van der Waals surface area (Å²) in [5.74, 6) is -0.562. The number of aromatic amines is 1. The maximum Gasteiger partial charge on any atom is 0.261 e. The van der Waals surface area contributed by atoms with Crippen molar-refractivity contribution in [3.8, 4) is 0 Å². The molecule has 2 rings (SSSR count). The Labute approximate surface area is 98.1 Å². The third kappa shape index (κ3) is 2.33. The van der Waals surface area contributed by atoms with Gasteiger partial charge in [-0.25, -0.2) is 4.39 Å². The number of aromatic nitrogens is 2. The fraction of sp³-hybridized carbons (Fsp3) is 0.167. The van der Waals surface area contributed by atoms with Gasteiger partial charge in [-0.1, -0.05) is 6.07 Å². The molecule has 5 heteroatoms. The van der Waals surface area contributed by atoms with E-state index in [4.69, 9.17) is 0 Å². The van der Waals surface area contributed by atoms with Crippen LogP contribution in [0.1, 0.15) is 17.3 Å². The Morgan fingerprint density at radius 1 is 1.53 bits per heavy atom. The zero-order chi connectivity index (χ0) is 12.3. The van der Waals surface area contributed by atoms with Gasteiger partial charge in [0.05, 0.1) is 11.8 Å². The van der Waals surface area contributed by atoms with Crippen LogP contribution in [0.25, 0.3) is 0 Å². The number of benzene rings is 1. The molecule has 1 aromatic carbocycles. The number of carbonyl (C=O) groups excluding carboxylic acids is 1. The first kappa shape index (κ1) is 11.3. The van der Waals surface area contributed by atoms with E-state index in [0.717, 1.165) is 0 Å². The van der Waals surface area contributed by atoms with Crippen LogP contribution >= 0.6 is 0 Å². The minimum atomic E-state index is -0.360. The minimum Gasteiger partial charge on any atom is -0.308 e. The van der Waals surface area contributed by atoms with Crippen molar-refractivity contribution in [3.63, 3.8) is 0 Å². The molecule has 0 aliphatic carbocycles. The van der Waals surface area contributed by atoms with Crippen LogP contribution in [0.2, 0.25) is 0 Å². The normalized spacial score (nSPS) is 10.2. The van der Waals surface area contributed by atoms with Crippen LogP contribution in [0.3, 0.4) is 0 Å². The molecule has 0 radical (unpaired) electrons. The average Bonchev–Trinajstić information content (AvgIpc) is 2.83. The van der Waals surface area contributed by atoms with Gasteiger partial charge in [0, 0.05) is 18.4 Å². The molecule has 1 amide bonds. The maximum absolute atomic E-state index is 13.1. The highest BCUT2D eigenvalue weighted by atomic mass is 19.1. The second kappa shape index (κ2) is 4.78. The van der Waals surface area contributed by atoms with Gasteiger partial charge in [0.15, 0.2) is 0 Å². The number of amides is 1. The number of hydrogen-bond donors (Lipinski definition) is 1. The van der Waals surface area contributed by atoms with E-state index in [0.29, 0.717) is 17.8 Å². The molecule has 0 unspecified atom stereocenters. The first-order chi connectivity index (χ1) is 8.22. The molecule has 0 saturated heterocycles. The Kier molecular flexibility index (Phi) is 3.18. The van der Waals surface area contributed by atoms with Crippen molar-refractivity contribution in [1.82, 2.24) is 10.2 Å². The standard InChI is InChI=1S/C12H12FN3O/c1-2-16(11-5-3-4-10(13)6-11)12(17)9-7-14-15-8-9/h3-8H,2H2,1H3,(H,14,15). The van der Waals surface area contributed by atoms with Gasteiger partial charge in [-0.2, -0.15) is 5.10 Å². The number of carbonyl (C=O) groups is 1. The van der Waals surface area contributed by atoms with Crippen LogP contribution in [-0.2, 0) is 0 Å². The van der Waals surface area contributed by atoms with E-state index in [1.54, 1.807) is 12.1 Å². The Morgan fingerprint density at radius 3 is 2.94 bits per heavy atom. The van der Waals surface area contributed by atoms with Crippen molar-refractivity contribution in [2.24, 2.45) is 0 Å². The number of halogens is 1. The Morgan fingerprint density at radius 2 is 2.35 bits per heavy atom. The maximum atomic E-state index is 13.1. The molecule has 1 heterocycles. The number of rotatable bonds is 3. The Hall–Kier alpha value is -2.17. The van der Waals surface area contributed by atoms with E-state index in [2.05, 4.69) is 10.2 Å². The summed E-state index contributed by atoms with van der Waals surface area (Å²) in [6.07, 6.45) is 2.97. The van der Waals surface area contributed by atoms with E-state index in [9.17, 15) is 9.18 Å². The molecule has 4 nitrogen and oxygen atoms in total. The lowest BCUT2D eigenvalue weighted by atomic mass is 10.2. The van der Waals surface area contributed by atoms with E-state index >= 15 is 0 Å². The minimum absolute atomic E-state index is 0.202. The molecule has 0 fully saturated rings. The van der Waals surface area contributed by atoms with Crippen LogP contribution in [0.4, 0.5) is 10.1 Å². The summed E-state index contributed by atoms with van der Waals surface area (Å²) in [6.45, 7) is 2.30. The third-order valence-corrected chi connectivity index (χ3v) is 2.43. The topological polar surface area (TPSA) is 49.0 Å². The van der Waals surface area contributed by atoms with Gasteiger partial charge in [-0.15, -0.1) is 0 Å². The Bertz CT molecular complexity index is 510. The number of nitrogens with one attached hydrogen (secondary N) is 1. The molecule has 88 valence electrons. The molecular formula is C12H12FN3O. The van der Waals surface area contributed by atoms with E-state index in [-0.39, 0.29) is 11.7 Å². The zero-order valence-electron chi connectivity index (χ0n) is 9.35. The summed E-state index contributed by atoms with van der Waals surface area (Å²) in [6, 6.07) is 5.96. The quantitative estimate of drug-likeness (QED) is 0.883. The summed E-state index contributed by atoms with van der Waals surface area (Å²) < 4.78 is 13.1. The summed E-state index contributed by atoms with van der Waals surface area (Å²) in [7, 11) is 0. The second-order valence-corrected chi connectivity index (χ2v) is 3.52. The fourth-order valence-corrected chi connectivity index (χ4v) is 1.61. The van der Waals surface area contributed by atoms with Gasteiger partial charge < -0.3 is 4.90 Å². The van der Waals surface area contributed by atoms with Crippen molar-refractivity contribution >= 4 is 11.6 Å². The zero-order valence-corrected chi connectivity index (χ0v) is 9.35. The lowest BCUT2D eigenvalue weighted by Gasteiger charge is -2.20. The van der Waals surface area contributed by atoms with Crippen LogP contribution < -0.4 is 4.90 Å². The fourth-order valence-electron chi connectivity index (χ4n) is 1.61. The number of H-pyrrole nitrogens is 1. The van der Waals surface area contributed by atoms with Gasteiger partial charge >= 0.3 is 0 Å². The summed E-state index contributed by atoms with van der Waals surface area (Å²) in [4.78, 5) is 13.6. The predicted octanol–water partition coefficient (Wildman–Crippen LogP) is 2.22. The first-order valence-corrected chi connectivity index (χ1v) is 5.28. The second-order valence-electron chi connectivity index (χ2n) is 3.52. The number of nitrogens with zero attached hydrogens (tertiary/aromatic N) is 2. The van der Waals surface area contributed by atoms with Crippen LogP contribution in [0, 0.1) is 5.82 Å². The molecule has 0 aliphatic rings. The average molecular weight is 233 g/mol. The van der Waals surface area contributed by atoms with Crippen molar-refractivity contribution in [2.75, 3.05) is 11.4 Å². The lowest BCUT2D eigenvalue weighted by Crippen LogP contribution is -2.30. The van der Waals surface area contributed by atoms with Gasteiger partial charge in [-0.3, -0.25) is 9.89 Å². The highest BCUT2D eigenvalue weighted by Crippen LogP contribution is 2.17. The predicted molar refractivity (Wildman–Crippen MR) is 62.3 cm³/mol.